The summed E-state index contributed by atoms with van der Waals surface area (Å²) < 4.78 is 0. The molecule has 0 radical (unpaired) electrons. The van der Waals surface area contributed by atoms with Gasteiger partial charge < -0.3 is 15.5 Å². The molecule has 3 rings (SSSR count). The van der Waals surface area contributed by atoms with Crippen molar-refractivity contribution in [2.24, 2.45) is 4.99 Å². The number of aliphatic imine (C=N–C) groups is 1. The number of nitrogens with zero attached hydrogens (tertiary/aromatic N) is 2. The molecule has 0 amide bonds. The summed E-state index contributed by atoms with van der Waals surface area (Å²) in [6, 6.07) is 7.85. The molecule has 0 saturated carbocycles. The number of aromatic nitrogens is 1. The van der Waals surface area contributed by atoms with Gasteiger partial charge in [0, 0.05) is 23.9 Å². The molecule has 1 aromatic carbocycles. The molecule has 2 aromatic rings. The summed E-state index contributed by atoms with van der Waals surface area (Å²) in [5.74, 6) is -0.0132. The van der Waals surface area contributed by atoms with E-state index in [1.807, 2.05) is 30.3 Å². The van der Waals surface area contributed by atoms with Gasteiger partial charge >= 0.3 is 0 Å². The Morgan fingerprint density at radius 3 is 3.00 bits per heavy atom. The summed E-state index contributed by atoms with van der Waals surface area (Å²) in [4.78, 5) is 9.00. The number of aromatic hydroxyl groups is 1. The van der Waals surface area contributed by atoms with E-state index in [-0.39, 0.29) is 12.5 Å². The maximum atomic E-state index is 9.85. The first kappa shape index (κ1) is 12.8. The zero-order valence-electron chi connectivity index (χ0n) is 10.6. The molecule has 6 heteroatoms. The van der Waals surface area contributed by atoms with Crippen LogP contribution in [0, 0.1) is 0 Å². The monoisotopic (exact) mass is 287 g/mol. The van der Waals surface area contributed by atoms with Gasteiger partial charge in [0.15, 0.2) is 5.13 Å². The maximum Gasteiger partial charge on any atom is 0.231 e. The van der Waals surface area contributed by atoms with E-state index in [0.29, 0.717) is 16.6 Å². The number of para-hydroxylation sites is 1. The number of fused-ring (bicyclic) bond motifs is 1. The Morgan fingerprint density at radius 2 is 2.15 bits per heavy atom. The van der Waals surface area contributed by atoms with Crippen molar-refractivity contribution < 1.29 is 10.2 Å². The summed E-state index contributed by atoms with van der Waals surface area (Å²) in [5, 5.41) is 22.1. The van der Waals surface area contributed by atoms with E-state index < -0.39 is 0 Å². The molecule has 0 spiro atoms. The largest absolute Gasteiger partial charge is 0.492 e. The first-order chi connectivity index (χ1) is 9.78. The van der Waals surface area contributed by atoms with Crippen LogP contribution in [0.2, 0.25) is 0 Å². The third-order valence-corrected chi connectivity index (χ3v) is 3.82. The third kappa shape index (κ3) is 2.43. The molecule has 20 heavy (non-hydrogen) atoms. The van der Waals surface area contributed by atoms with Gasteiger partial charge in [-0.05, 0) is 12.1 Å². The van der Waals surface area contributed by atoms with Gasteiger partial charge in [0.2, 0.25) is 5.88 Å². The minimum atomic E-state index is -0.0132. The summed E-state index contributed by atoms with van der Waals surface area (Å²) in [6.07, 6.45) is 3.65. The van der Waals surface area contributed by atoms with E-state index in [1.54, 1.807) is 6.21 Å². The van der Waals surface area contributed by atoms with Crippen LogP contribution >= 0.6 is 11.3 Å². The molecular formula is C14H13N3O2S. The van der Waals surface area contributed by atoms with Crippen molar-refractivity contribution in [3.05, 3.63) is 34.7 Å². The van der Waals surface area contributed by atoms with E-state index in [4.69, 9.17) is 5.11 Å². The second-order valence-corrected chi connectivity index (χ2v) is 5.26. The SMILES string of the molecule is OCCNc1nc(O)c(/C=C2/C=Nc3ccccc32)s1. The summed E-state index contributed by atoms with van der Waals surface area (Å²) >= 11 is 1.34. The van der Waals surface area contributed by atoms with Crippen LogP contribution in [0.1, 0.15) is 10.4 Å². The van der Waals surface area contributed by atoms with Gasteiger partial charge in [0.05, 0.1) is 17.2 Å². The van der Waals surface area contributed by atoms with E-state index in [1.165, 1.54) is 11.3 Å². The maximum absolute atomic E-state index is 9.85. The van der Waals surface area contributed by atoms with E-state index >= 15 is 0 Å². The number of hydrogen-bond donors (Lipinski definition) is 3. The molecule has 0 fully saturated rings. The molecule has 0 atom stereocenters. The summed E-state index contributed by atoms with van der Waals surface area (Å²) in [5.41, 5.74) is 2.93. The number of aliphatic hydroxyl groups excluding tert-OH is 1. The first-order valence-electron chi connectivity index (χ1n) is 6.17. The topological polar surface area (TPSA) is 77.7 Å². The Kier molecular flexibility index (Phi) is 3.49. The molecule has 1 aliphatic rings. The number of rotatable bonds is 4. The molecular weight excluding hydrogens is 274 g/mol. The molecule has 1 aromatic heterocycles. The van der Waals surface area contributed by atoms with Gasteiger partial charge in [-0.1, -0.05) is 29.5 Å². The predicted molar refractivity (Wildman–Crippen MR) is 81.8 cm³/mol. The smallest absolute Gasteiger partial charge is 0.231 e. The highest BCUT2D eigenvalue weighted by Crippen LogP contribution is 2.36. The number of thiazole rings is 1. The van der Waals surface area contributed by atoms with Crippen molar-refractivity contribution in [2.75, 3.05) is 18.5 Å². The molecule has 102 valence electrons. The van der Waals surface area contributed by atoms with Crippen LogP contribution < -0.4 is 5.32 Å². The van der Waals surface area contributed by atoms with Gasteiger partial charge in [-0.2, -0.15) is 4.98 Å². The average molecular weight is 287 g/mol. The van der Waals surface area contributed by atoms with Crippen molar-refractivity contribution in [2.45, 2.75) is 0 Å². The molecule has 5 nitrogen and oxygen atoms in total. The lowest BCUT2D eigenvalue weighted by Crippen LogP contribution is -2.04. The highest BCUT2D eigenvalue weighted by Gasteiger charge is 2.14. The number of nitrogens with one attached hydrogen (secondary N) is 1. The van der Waals surface area contributed by atoms with Crippen LogP contribution in [0.25, 0.3) is 11.6 Å². The van der Waals surface area contributed by atoms with Crippen molar-refractivity contribution in [1.82, 2.24) is 4.98 Å². The highest BCUT2D eigenvalue weighted by atomic mass is 32.1. The Balaban J connectivity index is 1.90. The van der Waals surface area contributed by atoms with Crippen LogP contribution in [0.4, 0.5) is 10.8 Å². The average Bonchev–Trinajstić information content (AvgIpc) is 3.02. The van der Waals surface area contributed by atoms with Crippen molar-refractivity contribution in [3.63, 3.8) is 0 Å². The van der Waals surface area contributed by atoms with Gasteiger partial charge in [-0.3, -0.25) is 4.99 Å². The normalized spacial score (nSPS) is 14.8. The molecule has 0 bridgehead atoms. The molecule has 2 heterocycles. The minimum Gasteiger partial charge on any atom is -0.492 e. The molecule has 0 aliphatic carbocycles. The molecule has 3 N–H and O–H groups in total. The molecule has 0 saturated heterocycles. The van der Waals surface area contributed by atoms with Gasteiger partial charge in [-0.15, -0.1) is 0 Å². The van der Waals surface area contributed by atoms with Crippen LogP contribution in [-0.4, -0.2) is 34.6 Å². The van der Waals surface area contributed by atoms with Crippen LogP contribution in [0.5, 0.6) is 5.88 Å². The Hall–Kier alpha value is -2.18. The second-order valence-electron chi connectivity index (χ2n) is 4.23. The summed E-state index contributed by atoms with van der Waals surface area (Å²) in [7, 11) is 0. The number of aliphatic hydroxyl groups is 1. The van der Waals surface area contributed by atoms with Gasteiger partial charge in [-0.25, -0.2) is 0 Å². The fraction of sp³-hybridized carbons (Fsp3) is 0.143. The number of allylic oxidation sites excluding steroid dienone is 1. The summed E-state index contributed by atoms with van der Waals surface area (Å²) in [6.45, 7) is 0.435. The zero-order valence-corrected chi connectivity index (χ0v) is 11.4. The molecule has 0 unspecified atom stereocenters. The van der Waals surface area contributed by atoms with Crippen molar-refractivity contribution in [1.29, 1.82) is 0 Å². The molecule has 1 aliphatic heterocycles. The number of hydrogen-bond acceptors (Lipinski definition) is 6. The Labute approximate surface area is 120 Å². The van der Waals surface area contributed by atoms with E-state index in [2.05, 4.69) is 15.3 Å². The van der Waals surface area contributed by atoms with Crippen molar-refractivity contribution >= 4 is 40.0 Å². The van der Waals surface area contributed by atoms with Crippen LogP contribution in [-0.2, 0) is 0 Å². The Morgan fingerprint density at radius 1 is 1.30 bits per heavy atom. The van der Waals surface area contributed by atoms with Crippen LogP contribution in [0.3, 0.4) is 0 Å². The predicted octanol–water partition coefficient (Wildman–Crippen LogP) is 2.51. The number of benzene rings is 1. The highest BCUT2D eigenvalue weighted by molar-refractivity contribution is 7.16. The Bertz CT molecular complexity index is 691. The van der Waals surface area contributed by atoms with E-state index in [0.717, 1.165) is 16.8 Å². The lowest BCUT2D eigenvalue weighted by atomic mass is 10.1. The zero-order chi connectivity index (χ0) is 13.9. The quantitative estimate of drug-likeness (QED) is 0.807. The standard InChI is InChI=1S/C14H13N3O2S/c18-6-5-15-14-17-13(19)12(20-14)7-9-8-16-11-4-2-1-3-10(9)11/h1-4,7-8,18-19H,5-6H2,(H,15,17)/b9-7-. The fourth-order valence-electron chi connectivity index (χ4n) is 1.95. The van der Waals surface area contributed by atoms with Crippen LogP contribution in [0.15, 0.2) is 29.3 Å². The lowest BCUT2D eigenvalue weighted by molar-refractivity contribution is 0.311. The van der Waals surface area contributed by atoms with E-state index in [9.17, 15) is 5.11 Å². The third-order valence-electron chi connectivity index (χ3n) is 2.87. The first-order valence-corrected chi connectivity index (χ1v) is 6.99. The minimum absolute atomic E-state index is 0.0132. The second kappa shape index (κ2) is 5.44. The lowest BCUT2D eigenvalue weighted by Gasteiger charge is -1.97. The fourth-order valence-corrected chi connectivity index (χ4v) is 2.79. The van der Waals surface area contributed by atoms with Crippen molar-refractivity contribution in [3.8, 4) is 5.88 Å². The van der Waals surface area contributed by atoms with Gasteiger partial charge in [0.1, 0.15) is 0 Å². The van der Waals surface area contributed by atoms with Gasteiger partial charge in [0.25, 0.3) is 0 Å². The number of anilines is 1.